The molecule has 3 aromatic rings. The lowest BCUT2D eigenvalue weighted by Crippen LogP contribution is -2.58. The van der Waals surface area contributed by atoms with Crippen molar-refractivity contribution < 1.29 is 32.6 Å². The first-order chi connectivity index (χ1) is 27.9. The molecular weight excluding hydrogens is 795 g/mol. The molecule has 15 nitrogen and oxygen atoms in total. The van der Waals surface area contributed by atoms with Crippen molar-refractivity contribution in [2.45, 2.75) is 128 Å². The van der Waals surface area contributed by atoms with E-state index in [0.717, 1.165) is 31.2 Å². The predicted molar refractivity (Wildman–Crippen MR) is 228 cm³/mol. The van der Waals surface area contributed by atoms with E-state index in [-0.39, 0.29) is 49.3 Å². The molecule has 5 atom stereocenters. The Morgan fingerprint density at radius 3 is 2.27 bits per heavy atom. The van der Waals surface area contributed by atoms with Gasteiger partial charge in [-0.25, -0.2) is 23.0 Å². The highest BCUT2D eigenvalue weighted by Gasteiger charge is 2.35. The molecule has 0 aliphatic heterocycles. The number of amides is 4. The van der Waals surface area contributed by atoms with E-state index in [1.165, 1.54) is 32.7 Å². The molecule has 4 amide bonds. The minimum Gasteiger partial charge on any atom is -0.444 e. The van der Waals surface area contributed by atoms with Gasteiger partial charge in [0, 0.05) is 25.5 Å². The van der Waals surface area contributed by atoms with Gasteiger partial charge in [-0.15, -0.1) is 11.3 Å². The number of carbonyl (C=O) groups is 3. The van der Waals surface area contributed by atoms with Gasteiger partial charge in [0.1, 0.15) is 23.2 Å². The Morgan fingerprint density at radius 1 is 1.00 bits per heavy atom. The first-order valence-electron chi connectivity index (χ1n) is 20.3. The average Bonchev–Trinajstić information content (AvgIpc) is 3.88. The number of nitrogens with one attached hydrogen (secondary N) is 3. The Hall–Kier alpha value is -4.45. The summed E-state index contributed by atoms with van der Waals surface area (Å²) in [5, 5.41) is 25.9. The fourth-order valence-electron chi connectivity index (χ4n) is 6.90. The van der Waals surface area contributed by atoms with Crippen LogP contribution in [-0.4, -0.2) is 89.7 Å². The number of alkyl carbamates (subject to hydrolysis) is 1. The zero-order valence-electron chi connectivity index (χ0n) is 35.2. The lowest BCUT2D eigenvalue weighted by molar-refractivity contribution is -0.125. The third kappa shape index (κ3) is 14.4. The number of aliphatic hydroxyl groups excluding tert-OH is 1. The Kier molecular flexibility index (Phi) is 17.4. The average molecular weight is 856 g/mol. The Balaban J connectivity index is 1.51. The van der Waals surface area contributed by atoms with E-state index >= 15 is 0 Å². The number of hydrogen-bond acceptors (Lipinski definition) is 11. The summed E-state index contributed by atoms with van der Waals surface area (Å²) in [4.78, 5) is 57.0. The molecular formula is C42H61N7O8S2. The monoisotopic (exact) mass is 855 g/mol. The topological polar surface area (TPSA) is 200 Å². The van der Waals surface area contributed by atoms with E-state index < -0.39 is 57.9 Å². The third-order valence-electron chi connectivity index (χ3n) is 10.4. The molecule has 0 bridgehead atoms. The zero-order chi connectivity index (χ0) is 43.3. The lowest BCUT2D eigenvalue weighted by Gasteiger charge is -2.33. The Morgan fingerprint density at radius 2 is 1.66 bits per heavy atom. The first-order valence-corrected chi connectivity index (χ1v) is 22.6. The Bertz CT molecular complexity index is 1930. The van der Waals surface area contributed by atoms with Crippen LogP contribution in [0.25, 0.3) is 0 Å². The van der Waals surface area contributed by atoms with Gasteiger partial charge in [0.15, 0.2) is 0 Å². The molecule has 1 aromatic heterocycles. The zero-order valence-corrected chi connectivity index (χ0v) is 36.9. The number of urea groups is 1. The summed E-state index contributed by atoms with van der Waals surface area (Å²) in [5.74, 6) is -0.694. The molecule has 0 saturated heterocycles. The Labute approximate surface area is 352 Å². The number of thiazole rings is 1. The summed E-state index contributed by atoms with van der Waals surface area (Å²) in [6.07, 6.45) is 2.61. The highest BCUT2D eigenvalue weighted by Crippen LogP contribution is 2.29. The number of hydrogen-bond donors (Lipinski definition) is 4. The van der Waals surface area contributed by atoms with E-state index in [9.17, 15) is 32.8 Å². The number of nitrogens with zero attached hydrogens (tertiary/aromatic N) is 4. The largest absolute Gasteiger partial charge is 0.444 e. The predicted octanol–water partition coefficient (Wildman–Crippen LogP) is 6.52. The molecule has 324 valence electrons. The normalized spacial score (nSPS) is 16.1. The maximum Gasteiger partial charge on any atom is 0.408 e. The summed E-state index contributed by atoms with van der Waals surface area (Å²) in [6, 6.07) is 12.5. The van der Waals surface area contributed by atoms with Crippen molar-refractivity contribution in [3.8, 4) is 0 Å². The number of benzene rings is 2. The highest BCUT2D eigenvalue weighted by molar-refractivity contribution is 7.89. The first kappa shape index (κ1) is 47.2. The minimum absolute atomic E-state index is 0.0329. The summed E-state index contributed by atoms with van der Waals surface area (Å²) in [7, 11) is -2.50. The van der Waals surface area contributed by atoms with Crippen molar-refractivity contribution in [3.63, 3.8) is 0 Å². The molecule has 2 aromatic carbocycles. The van der Waals surface area contributed by atoms with Crippen molar-refractivity contribution >= 4 is 39.4 Å². The highest BCUT2D eigenvalue weighted by atomic mass is 32.2. The molecule has 0 radical (unpaired) electrons. The lowest BCUT2D eigenvalue weighted by atomic mass is 9.96. The van der Waals surface area contributed by atoms with Gasteiger partial charge in [0.2, 0.25) is 15.9 Å². The van der Waals surface area contributed by atoms with Crippen molar-refractivity contribution in [3.05, 3.63) is 86.7 Å². The number of ether oxygens (including phenoxy) is 1. The molecule has 1 saturated carbocycles. The van der Waals surface area contributed by atoms with Crippen molar-refractivity contribution in [1.82, 2.24) is 30.1 Å². The minimum atomic E-state index is -4.09. The van der Waals surface area contributed by atoms with Gasteiger partial charge < -0.3 is 30.7 Å². The standard InChI is InChI=1S/C42H61N7O8S2/c1-8-28(2)37(47-40(52)48(7)25-33-27-58-39(45-33)29(3)44-41(53)57-42(4,5)6)38(51)46-35(22-30-14-10-9-11-15-30)36(50)26-49(24-32-16-12-13-17-32)59(55,56)34-20-18-31(19-21-34)23-43-54/h9-11,14-15,18-21,27-29,32,35-37,50H,8,12-13,16-17,22-26H2,1-7H3,(H,44,53)(H,46,51)(H,47,52)/t28-,29-,35-,36+,37-/m0/s1. The van der Waals surface area contributed by atoms with Crippen LogP contribution in [0.4, 0.5) is 9.59 Å². The van der Waals surface area contributed by atoms with Gasteiger partial charge in [0.05, 0.1) is 35.3 Å². The van der Waals surface area contributed by atoms with E-state index in [4.69, 9.17) is 4.74 Å². The van der Waals surface area contributed by atoms with Crippen LogP contribution >= 0.6 is 11.3 Å². The molecule has 0 unspecified atom stereocenters. The SMILES string of the molecule is CC[C@H](C)[C@H](NC(=O)N(C)Cc1csc([C@H](C)NC(=O)OC(C)(C)C)n1)C(=O)N[C@@H](Cc1ccccc1)[C@H](O)CN(CC1CCCC1)S(=O)(=O)c1ccc(CN=O)cc1. The maximum atomic E-state index is 14.2. The van der Waals surface area contributed by atoms with Crippen molar-refractivity contribution in [1.29, 1.82) is 0 Å². The van der Waals surface area contributed by atoms with Crippen LogP contribution in [0.3, 0.4) is 0 Å². The van der Waals surface area contributed by atoms with Crippen molar-refractivity contribution in [2.24, 2.45) is 17.0 Å². The molecule has 1 heterocycles. The molecule has 1 aliphatic carbocycles. The number of aliphatic hydroxyl groups is 1. The van der Waals surface area contributed by atoms with Crippen LogP contribution in [0.5, 0.6) is 0 Å². The van der Waals surface area contributed by atoms with Crippen LogP contribution < -0.4 is 16.0 Å². The fraction of sp³-hybridized carbons (Fsp3) is 0.571. The summed E-state index contributed by atoms with van der Waals surface area (Å²) < 4.78 is 35.0. The summed E-state index contributed by atoms with van der Waals surface area (Å²) in [5.41, 5.74) is 1.36. The second kappa shape index (κ2) is 21.7. The second-order valence-corrected chi connectivity index (χ2v) is 19.3. The van der Waals surface area contributed by atoms with Crippen LogP contribution in [0.15, 0.2) is 70.0 Å². The quantitative estimate of drug-likeness (QED) is 0.0914. The van der Waals surface area contributed by atoms with E-state index in [2.05, 4.69) is 26.1 Å². The number of sulfonamides is 1. The molecule has 1 fully saturated rings. The number of aromatic nitrogens is 1. The maximum absolute atomic E-state index is 14.2. The van der Waals surface area contributed by atoms with E-state index in [1.807, 2.05) is 44.2 Å². The van der Waals surface area contributed by atoms with Crippen LogP contribution in [0, 0.1) is 16.7 Å². The van der Waals surface area contributed by atoms with Crippen LogP contribution in [0.1, 0.15) is 102 Å². The van der Waals surface area contributed by atoms with Gasteiger partial charge >= 0.3 is 12.1 Å². The van der Waals surface area contributed by atoms with Gasteiger partial charge in [-0.05, 0) is 82.1 Å². The molecule has 4 N–H and O–H groups in total. The summed E-state index contributed by atoms with van der Waals surface area (Å²) in [6.45, 7) is 10.9. The summed E-state index contributed by atoms with van der Waals surface area (Å²) >= 11 is 1.34. The molecule has 0 spiro atoms. The number of rotatable bonds is 20. The van der Waals surface area contributed by atoms with Gasteiger partial charge in [-0.2, -0.15) is 9.21 Å². The van der Waals surface area contributed by atoms with Crippen molar-refractivity contribution in [2.75, 3.05) is 20.1 Å². The van der Waals surface area contributed by atoms with Gasteiger partial charge in [-0.1, -0.05) is 80.8 Å². The molecule has 59 heavy (non-hydrogen) atoms. The third-order valence-corrected chi connectivity index (χ3v) is 13.3. The molecule has 1 aliphatic rings. The molecule has 4 rings (SSSR count). The van der Waals surface area contributed by atoms with Crippen LogP contribution in [-0.2, 0) is 39.1 Å². The van der Waals surface area contributed by atoms with Crippen LogP contribution in [0.2, 0.25) is 0 Å². The molecule has 17 heteroatoms. The number of carbonyl (C=O) groups excluding carboxylic acids is 3. The second-order valence-electron chi connectivity index (χ2n) is 16.5. The van der Waals surface area contributed by atoms with Gasteiger partial charge in [-0.3, -0.25) is 4.79 Å². The fourth-order valence-corrected chi connectivity index (χ4v) is 9.25. The number of nitroso groups, excluding NO2 is 1. The van der Waals surface area contributed by atoms with E-state index in [0.29, 0.717) is 22.7 Å². The van der Waals surface area contributed by atoms with Gasteiger partial charge in [0.25, 0.3) is 0 Å². The van der Waals surface area contributed by atoms with E-state index in [1.54, 1.807) is 52.3 Å². The smallest absolute Gasteiger partial charge is 0.408 e.